The maximum Gasteiger partial charge on any atom is -0.0211 e. The molecule has 0 spiro atoms. The van der Waals surface area contributed by atoms with Crippen LogP contribution in [0.25, 0.3) is 0 Å². The van der Waals surface area contributed by atoms with Crippen molar-refractivity contribution in [1.29, 1.82) is 0 Å². The van der Waals surface area contributed by atoms with E-state index in [2.05, 4.69) is 55.0 Å². The first-order chi connectivity index (χ1) is 8.16. The van der Waals surface area contributed by atoms with Gasteiger partial charge in [-0.25, -0.2) is 0 Å². The van der Waals surface area contributed by atoms with Gasteiger partial charge in [-0.2, -0.15) is 0 Å². The molecule has 0 heteroatoms. The lowest BCUT2D eigenvalue weighted by Gasteiger charge is -2.25. The third kappa shape index (κ3) is 3.87. The molecule has 0 bridgehead atoms. The minimum absolute atomic E-state index is 0.611. The van der Waals surface area contributed by atoms with Crippen LogP contribution in [0.4, 0.5) is 0 Å². The van der Waals surface area contributed by atoms with E-state index in [4.69, 9.17) is 0 Å². The number of hydrogen-bond acceptors (Lipinski definition) is 0. The molecule has 0 nitrogen and oxygen atoms in total. The minimum Gasteiger partial charge on any atom is -0.0996 e. The lowest BCUT2D eigenvalue weighted by Crippen LogP contribution is -2.16. The summed E-state index contributed by atoms with van der Waals surface area (Å²) in [7, 11) is 0. The molecule has 1 aliphatic rings. The van der Waals surface area contributed by atoms with E-state index >= 15 is 0 Å². The first-order valence-corrected chi connectivity index (χ1v) is 7.84. The molecule has 1 fully saturated rings. The topological polar surface area (TPSA) is 0 Å². The quantitative estimate of drug-likeness (QED) is 0.491. The first-order valence-electron chi connectivity index (χ1n) is 7.84. The third-order valence-electron chi connectivity index (χ3n) is 5.41. The molecule has 0 heterocycles. The van der Waals surface area contributed by atoms with Crippen LogP contribution in [0.3, 0.4) is 0 Å². The van der Waals surface area contributed by atoms with Crippen LogP contribution in [0.15, 0.2) is 12.2 Å². The van der Waals surface area contributed by atoms with E-state index in [9.17, 15) is 0 Å². The standard InChI is InChI=1S/C18H34/c1-12(2)15(6)14(5)9-10-16(13(3)4)17-11-18(17,7)8/h12-13,15-17H,5,9-11H2,1-4,6-8H3. The molecule has 1 rings (SSSR count). The van der Waals surface area contributed by atoms with Crippen LogP contribution in [-0.4, -0.2) is 0 Å². The van der Waals surface area contributed by atoms with Crippen molar-refractivity contribution in [3.8, 4) is 0 Å². The highest BCUT2D eigenvalue weighted by molar-refractivity contribution is 5.04. The van der Waals surface area contributed by atoms with E-state index < -0.39 is 0 Å². The van der Waals surface area contributed by atoms with Gasteiger partial charge < -0.3 is 0 Å². The Hall–Kier alpha value is -0.260. The second-order valence-electron chi connectivity index (χ2n) is 7.94. The van der Waals surface area contributed by atoms with Gasteiger partial charge in [0.15, 0.2) is 0 Å². The van der Waals surface area contributed by atoms with E-state index in [1.165, 1.54) is 24.8 Å². The van der Waals surface area contributed by atoms with Crippen molar-refractivity contribution in [1.82, 2.24) is 0 Å². The van der Waals surface area contributed by atoms with Crippen LogP contribution >= 0.6 is 0 Å². The second kappa shape index (κ2) is 5.80. The zero-order valence-electron chi connectivity index (χ0n) is 13.7. The van der Waals surface area contributed by atoms with Crippen molar-refractivity contribution in [3.63, 3.8) is 0 Å². The van der Waals surface area contributed by atoms with Crippen molar-refractivity contribution >= 4 is 0 Å². The molecular formula is C18H34. The fourth-order valence-corrected chi connectivity index (χ4v) is 3.29. The fraction of sp³-hybridized carbons (Fsp3) is 0.889. The molecule has 0 aliphatic heterocycles. The van der Waals surface area contributed by atoms with Gasteiger partial charge in [-0.1, -0.05) is 60.6 Å². The third-order valence-corrected chi connectivity index (χ3v) is 5.41. The molecule has 3 atom stereocenters. The Balaban J connectivity index is 2.47. The maximum absolute atomic E-state index is 4.32. The molecule has 0 saturated heterocycles. The summed E-state index contributed by atoms with van der Waals surface area (Å²) in [5, 5.41) is 0. The van der Waals surface area contributed by atoms with Gasteiger partial charge in [0.05, 0.1) is 0 Å². The summed E-state index contributed by atoms with van der Waals surface area (Å²) in [5.74, 6) is 4.08. The fourth-order valence-electron chi connectivity index (χ4n) is 3.29. The first kappa shape index (κ1) is 15.8. The molecule has 0 aromatic heterocycles. The molecule has 106 valence electrons. The summed E-state index contributed by atoms with van der Waals surface area (Å²) in [5.41, 5.74) is 2.08. The maximum atomic E-state index is 4.32. The Labute approximate surface area is 115 Å². The largest absolute Gasteiger partial charge is 0.0996 e. The molecule has 1 aliphatic carbocycles. The molecule has 0 aromatic carbocycles. The van der Waals surface area contributed by atoms with Crippen molar-refractivity contribution in [2.24, 2.45) is 35.0 Å². The highest BCUT2D eigenvalue weighted by Gasteiger charge is 2.50. The summed E-state index contributed by atoms with van der Waals surface area (Å²) in [6.45, 7) is 20.9. The Morgan fingerprint density at radius 2 is 1.61 bits per heavy atom. The summed E-state index contributed by atoms with van der Waals surface area (Å²) < 4.78 is 0. The van der Waals surface area contributed by atoms with Gasteiger partial charge >= 0.3 is 0 Å². The zero-order valence-corrected chi connectivity index (χ0v) is 13.7. The highest BCUT2D eigenvalue weighted by atomic mass is 14.5. The lowest BCUT2D eigenvalue weighted by atomic mass is 9.80. The zero-order chi connectivity index (χ0) is 14.1. The van der Waals surface area contributed by atoms with Crippen LogP contribution in [-0.2, 0) is 0 Å². The predicted molar refractivity (Wildman–Crippen MR) is 82.6 cm³/mol. The molecule has 18 heavy (non-hydrogen) atoms. The average molecular weight is 250 g/mol. The Morgan fingerprint density at radius 3 is 1.94 bits per heavy atom. The van der Waals surface area contributed by atoms with E-state index in [1.54, 1.807) is 0 Å². The van der Waals surface area contributed by atoms with Crippen LogP contribution in [0.2, 0.25) is 0 Å². The predicted octanol–water partition coefficient (Wildman–Crippen LogP) is 5.93. The summed E-state index contributed by atoms with van der Waals surface area (Å²) in [4.78, 5) is 0. The monoisotopic (exact) mass is 250 g/mol. The molecule has 0 N–H and O–H groups in total. The van der Waals surface area contributed by atoms with E-state index in [-0.39, 0.29) is 0 Å². The summed E-state index contributed by atoms with van der Waals surface area (Å²) in [6, 6.07) is 0. The van der Waals surface area contributed by atoms with E-state index in [0.717, 1.165) is 23.7 Å². The van der Waals surface area contributed by atoms with Crippen molar-refractivity contribution in [2.75, 3.05) is 0 Å². The van der Waals surface area contributed by atoms with Gasteiger partial charge in [0, 0.05) is 0 Å². The molecule has 3 unspecified atom stereocenters. The Bertz CT molecular complexity index is 282. The van der Waals surface area contributed by atoms with Crippen molar-refractivity contribution < 1.29 is 0 Å². The lowest BCUT2D eigenvalue weighted by molar-refractivity contribution is 0.279. The summed E-state index contributed by atoms with van der Waals surface area (Å²) in [6.07, 6.45) is 4.01. The molecule has 0 radical (unpaired) electrons. The molecule has 0 amide bonds. The Morgan fingerprint density at radius 1 is 1.11 bits per heavy atom. The van der Waals surface area contributed by atoms with Gasteiger partial charge in [0.2, 0.25) is 0 Å². The molecule has 0 aromatic rings. The second-order valence-corrected chi connectivity index (χ2v) is 7.94. The average Bonchev–Trinajstić information content (AvgIpc) is 2.85. The number of allylic oxidation sites excluding steroid dienone is 1. The van der Waals surface area contributed by atoms with E-state index in [0.29, 0.717) is 11.3 Å². The Kier molecular flexibility index (Phi) is 5.09. The van der Waals surface area contributed by atoms with E-state index in [1.807, 2.05) is 0 Å². The van der Waals surface area contributed by atoms with Gasteiger partial charge in [-0.05, 0) is 54.3 Å². The van der Waals surface area contributed by atoms with Crippen molar-refractivity contribution in [2.45, 2.75) is 67.7 Å². The molecule has 1 saturated carbocycles. The van der Waals surface area contributed by atoms with Gasteiger partial charge in [0.25, 0.3) is 0 Å². The highest BCUT2D eigenvalue weighted by Crippen LogP contribution is 2.58. The van der Waals surface area contributed by atoms with Crippen molar-refractivity contribution in [3.05, 3.63) is 12.2 Å². The van der Waals surface area contributed by atoms with Crippen LogP contribution < -0.4 is 0 Å². The van der Waals surface area contributed by atoms with Crippen LogP contribution in [0.1, 0.15) is 67.7 Å². The SMILES string of the molecule is C=C(CCC(C(C)C)C1CC1(C)C)C(C)C(C)C. The minimum atomic E-state index is 0.611. The normalized spacial score (nSPS) is 25.3. The van der Waals surface area contributed by atoms with Gasteiger partial charge in [-0.3, -0.25) is 0 Å². The number of rotatable bonds is 7. The smallest absolute Gasteiger partial charge is 0.0211 e. The van der Waals surface area contributed by atoms with Gasteiger partial charge in [-0.15, -0.1) is 0 Å². The van der Waals surface area contributed by atoms with Crippen LogP contribution in [0.5, 0.6) is 0 Å². The van der Waals surface area contributed by atoms with Crippen LogP contribution in [0, 0.1) is 35.0 Å². The summed E-state index contributed by atoms with van der Waals surface area (Å²) >= 11 is 0. The molecular weight excluding hydrogens is 216 g/mol. The van der Waals surface area contributed by atoms with Gasteiger partial charge in [0.1, 0.15) is 0 Å². The number of hydrogen-bond donors (Lipinski definition) is 0.